The van der Waals surface area contributed by atoms with Crippen LogP contribution in [0.5, 0.6) is 0 Å². The van der Waals surface area contributed by atoms with E-state index >= 15 is 0 Å². The predicted octanol–water partition coefficient (Wildman–Crippen LogP) is 2.63. The molecule has 4 nitrogen and oxygen atoms in total. The normalized spacial score (nSPS) is 29.5. The summed E-state index contributed by atoms with van der Waals surface area (Å²) in [6, 6.07) is 1.56. The van der Waals surface area contributed by atoms with Crippen LogP contribution in [0.3, 0.4) is 0 Å². The largest absolute Gasteiger partial charge is 0.354 e. The molecule has 0 radical (unpaired) electrons. The molecule has 0 aromatic carbocycles. The van der Waals surface area contributed by atoms with Gasteiger partial charge < -0.3 is 4.90 Å². The molecule has 2 aliphatic heterocycles. The number of anilines is 1. The number of rotatable bonds is 3. The number of aryl methyl sites for hydroxylation is 1. The zero-order valence-corrected chi connectivity index (χ0v) is 13.3. The summed E-state index contributed by atoms with van der Waals surface area (Å²) in [5, 5.41) is 0. The molecular weight excluding hydrogens is 279 g/mol. The number of halogens is 1. The van der Waals surface area contributed by atoms with E-state index in [-0.39, 0.29) is 5.82 Å². The summed E-state index contributed by atoms with van der Waals surface area (Å²) < 4.78 is 14.5. The Bertz CT molecular complexity index is 545. The SMILES string of the molecule is CCc1ncnc(N2CCC3C(CCCN3C3CC3)C2)c1F. The third-order valence-electron chi connectivity index (χ3n) is 5.60. The summed E-state index contributed by atoms with van der Waals surface area (Å²) in [5.74, 6) is 0.981. The summed E-state index contributed by atoms with van der Waals surface area (Å²) >= 11 is 0. The Morgan fingerprint density at radius 2 is 2.05 bits per heavy atom. The number of hydrogen-bond donors (Lipinski definition) is 0. The first-order chi connectivity index (χ1) is 10.8. The smallest absolute Gasteiger partial charge is 0.187 e. The molecule has 4 rings (SSSR count). The number of piperidine rings is 2. The summed E-state index contributed by atoms with van der Waals surface area (Å²) in [5.41, 5.74) is 0.537. The molecule has 0 spiro atoms. The van der Waals surface area contributed by atoms with Gasteiger partial charge in [-0.1, -0.05) is 6.92 Å². The first-order valence-electron chi connectivity index (χ1n) is 8.78. The lowest BCUT2D eigenvalue weighted by Gasteiger charge is -2.47. The van der Waals surface area contributed by atoms with E-state index in [2.05, 4.69) is 19.8 Å². The molecule has 0 N–H and O–H groups in total. The van der Waals surface area contributed by atoms with E-state index in [1.807, 2.05) is 6.92 Å². The van der Waals surface area contributed by atoms with E-state index in [4.69, 9.17) is 0 Å². The standard InChI is InChI=1S/C17H25FN4/c1-2-14-16(18)17(20-11-19-14)21-9-7-15-12(10-21)4-3-8-22(15)13-5-6-13/h11-13,15H,2-10H2,1H3. The summed E-state index contributed by atoms with van der Waals surface area (Å²) in [7, 11) is 0. The van der Waals surface area contributed by atoms with Crippen molar-refractivity contribution in [3.05, 3.63) is 17.8 Å². The van der Waals surface area contributed by atoms with Crippen LogP contribution < -0.4 is 4.90 Å². The second-order valence-corrected chi connectivity index (χ2v) is 6.98. The summed E-state index contributed by atoms with van der Waals surface area (Å²) in [6.07, 6.45) is 8.61. The zero-order valence-electron chi connectivity index (χ0n) is 13.3. The van der Waals surface area contributed by atoms with Crippen molar-refractivity contribution >= 4 is 5.82 Å². The minimum absolute atomic E-state index is 0.210. The highest BCUT2D eigenvalue weighted by Gasteiger charge is 2.42. The van der Waals surface area contributed by atoms with E-state index in [0.29, 0.717) is 29.9 Å². The fourth-order valence-electron chi connectivity index (χ4n) is 4.36. The molecule has 2 atom stereocenters. The maximum atomic E-state index is 14.5. The Hall–Kier alpha value is -1.23. The Morgan fingerprint density at radius 1 is 1.18 bits per heavy atom. The van der Waals surface area contributed by atoms with Crippen LogP contribution in [0.2, 0.25) is 0 Å². The second kappa shape index (κ2) is 5.76. The van der Waals surface area contributed by atoms with Gasteiger partial charge in [0.2, 0.25) is 0 Å². The maximum Gasteiger partial charge on any atom is 0.187 e. The monoisotopic (exact) mass is 304 g/mol. The van der Waals surface area contributed by atoms with Gasteiger partial charge in [0, 0.05) is 25.2 Å². The van der Waals surface area contributed by atoms with Crippen LogP contribution in [-0.4, -0.2) is 46.6 Å². The molecule has 3 heterocycles. The first kappa shape index (κ1) is 14.4. The van der Waals surface area contributed by atoms with Gasteiger partial charge >= 0.3 is 0 Å². The quantitative estimate of drug-likeness (QED) is 0.859. The maximum absolute atomic E-state index is 14.5. The van der Waals surface area contributed by atoms with Crippen molar-refractivity contribution < 1.29 is 4.39 Å². The van der Waals surface area contributed by atoms with Gasteiger partial charge in [-0.05, 0) is 51.0 Å². The lowest BCUT2D eigenvalue weighted by atomic mass is 9.83. The van der Waals surface area contributed by atoms with Crippen molar-refractivity contribution in [2.75, 3.05) is 24.5 Å². The summed E-state index contributed by atoms with van der Waals surface area (Å²) in [6.45, 7) is 5.08. The van der Waals surface area contributed by atoms with Crippen LogP contribution >= 0.6 is 0 Å². The Balaban J connectivity index is 1.52. The molecule has 22 heavy (non-hydrogen) atoms. The molecule has 0 amide bonds. The molecule has 120 valence electrons. The highest BCUT2D eigenvalue weighted by molar-refractivity contribution is 5.42. The molecule has 1 aromatic rings. The first-order valence-corrected chi connectivity index (χ1v) is 8.78. The number of fused-ring (bicyclic) bond motifs is 1. The molecule has 5 heteroatoms. The van der Waals surface area contributed by atoms with Gasteiger partial charge in [-0.25, -0.2) is 14.4 Å². The molecule has 2 unspecified atom stereocenters. The van der Waals surface area contributed by atoms with Gasteiger partial charge in [0.1, 0.15) is 6.33 Å². The molecule has 1 aliphatic carbocycles. The minimum Gasteiger partial charge on any atom is -0.354 e. The van der Waals surface area contributed by atoms with Gasteiger partial charge in [0.15, 0.2) is 11.6 Å². The third kappa shape index (κ3) is 2.49. The summed E-state index contributed by atoms with van der Waals surface area (Å²) in [4.78, 5) is 13.2. The Labute approximate surface area is 131 Å². The van der Waals surface area contributed by atoms with Crippen molar-refractivity contribution in [3.63, 3.8) is 0 Å². The van der Waals surface area contributed by atoms with Crippen LogP contribution in [-0.2, 0) is 6.42 Å². The lowest BCUT2D eigenvalue weighted by molar-refractivity contribution is 0.0694. The van der Waals surface area contributed by atoms with Crippen molar-refractivity contribution in [3.8, 4) is 0 Å². The third-order valence-corrected chi connectivity index (χ3v) is 5.60. The highest BCUT2D eigenvalue weighted by Crippen LogP contribution is 2.39. The molecule has 3 fully saturated rings. The van der Waals surface area contributed by atoms with Gasteiger partial charge in [0.25, 0.3) is 0 Å². The van der Waals surface area contributed by atoms with Gasteiger partial charge in [0.05, 0.1) is 5.69 Å². The number of aromatic nitrogens is 2. The van der Waals surface area contributed by atoms with Gasteiger partial charge in [-0.3, -0.25) is 4.90 Å². The van der Waals surface area contributed by atoms with Crippen molar-refractivity contribution in [1.29, 1.82) is 0 Å². The van der Waals surface area contributed by atoms with Gasteiger partial charge in [-0.15, -0.1) is 0 Å². The van der Waals surface area contributed by atoms with Crippen molar-refractivity contribution in [2.45, 2.75) is 57.5 Å². The average Bonchev–Trinajstić information content (AvgIpc) is 3.39. The number of hydrogen-bond acceptors (Lipinski definition) is 4. The van der Waals surface area contributed by atoms with Crippen LogP contribution in [0.25, 0.3) is 0 Å². The highest BCUT2D eigenvalue weighted by atomic mass is 19.1. The molecule has 0 bridgehead atoms. The fourth-order valence-corrected chi connectivity index (χ4v) is 4.36. The van der Waals surface area contributed by atoms with Crippen LogP contribution in [0, 0.1) is 11.7 Å². The molecule has 1 aromatic heterocycles. The van der Waals surface area contributed by atoms with E-state index < -0.39 is 0 Å². The molecule has 1 saturated carbocycles. The minimum atomic E-state index is -0.210. The van der Waals surface area contributed by atoms with Crippen molar-refractivity contribution in [1.82, 2.24) is 14.9 Å². The van der Waals surface area contributed by atoms with Crippen molar-refractivity contribution in [2.24, 2.45) is 5.92 Å². The molecule has 3 aliphatic rings. The van der Waals surface area contributed by atoms with Crippen LogP contribution in [0.1, 0.15) is 44.7 Å². The Kier molecular flexibility index (Phi) is 3.76. The molecule has 2 saturated heterocycles. The topological polar surface area (TPSA) is 32.3 Å². The number of nitrogens with zero attached hydrogens (tertiary/aromatic N) is 4. The second-order valence-electron chi connectivity index (χ2n) is 6.98. The van der Waals surface area contributed by atoms with Gasteiger partial charge in [-0.2, -0.15) is 0 Å². The van der Waals surface area contributed by atoms with E-state index in [9.17, 15) is 4.39 Å². The van der Waals surface area contributed by atoms with E-state index in [1.165, 1.54) is 38.6 Å². The predicted molar refractivity (Wildman–Crippen MR) is 84.4 cm³/mol. The zero-order chi connectivity index (χ0) is 15.1. The Morgan fingerprint density at radius 3 is 2.82 bits per heavy atom. The molecular formula is C17H25FN4. The lowest BCUT2D eigenvalue weighted by Crippen LogP contribution is -2.55. The van der Waals surface area contributed by atoms with E-state index in [0.717, 1.165) is 25.6 Å². The van der Waals surface area contributed by atoms with E-state index in [1.54, 1.807) is 0 Å². The number of likely N-dealkylation sites (tertiary alicyclic amines) is 1. The fraction of sp³-hybridized carbons (Fsp3) is 0.765. The van der Waals surface area contributed by atoms with Crippen LogP contribution in [0.4, 0.5) is 10.2 Å². The van der Waals surface area contributed by atoms with Crippen LogP contribution in [0.15, 0.2) is 6.33 Å². The average molecular weight is 304 g/mol.